The summed E-state index contributed by atoms with van der Waals surface area (Å²) in [6.45, 7) is 0. The van der Waals surface area contributed by atoms with Crippen molar-refractivity contribution in [2.24, 2.45) is 0 Å². The Bertz CT molecular complexity index is 479. The van der Waals surface area contributed by atoms with Gasteiger partial charge in [0.1, 0.15) is 6.29 Å². The summed E-state index contributed by atoms with van der Waals surface area (Å²) in [6.07, 6.45) is 4.26. The maximum absolute atomic E-state index is 10.5. The van der Waals surface area contributed by atoms with E-state index in [0.717, 1.165) is 22.3 Å². The van der Waals surface area contributed by atoms with Crippen molar-refractivity contribution in [3.05, 3.63) is 48.3 Å². The standard InChI is InChI=1S/C12H9NOS/c14-8-9-1-3-10(4-2-9)11-5-6-13-7-12(11)15/h1-8,15H. The molecule has 0 saturated heterocycles. The van der Waals surface area contributed by atoms with Crippen LogP contribution in [0.25, 0.3) is 11.1 Å². The van der Waals surface area contributed by atoms with Gasteiger partial charge in [-0.05, 0) is 17.2 Å². The average Bonchev–Trinajstić information content (AvgIpc) is 2.30. The molecule has 0 aliphatic heterocycles. The number of benzene rings is 1. The SMILES string of the molecule is O=Cc1ccc(-c2ccncc2S)cc1. The van der Waals surface area contributed by atoms with E-state index in [0.29, 0.717) is 5.56 Å². The van der Waals surface area contributed by atoms with Crippen LogP contribution in [-0.2, 0) is 0 Å². The van der Waals surface area contributed by atoms with E-state index in [4.69, 9.17) is 0 Å². The molecule has 2 nitrogen and oxygen atoms in total. The molecule has 0 spiro atoms. The highest BCUT2D eigenvalue weighted by molar-refractivity contribution is 7.80. The van der Waals surface area contributed by atoms with E-state index in [1.54, 1.807) is 24.5 Å². The predicted molar refractivity (Wildman–Crippen MR) is 62.3 cm³/mol. The van der Waals surface area contributed by atoms with E-state index >= 15 is 0 Å². The molecule has 1 heterocycles. The number of carbonyl (C=O) groups is 1. The minimum absolute atomic E-state index is 0.675. The number of thiol groups is 1. The first-order valence-electron chi connectivity index (χ1n) is 4.50. The zero-order chi connectivity index (χ0) is 10.7. The molecule has 0 aliphatic rings. The molecule has 74 valence electrons. The van der Waals surface area contributed by atoms with E-state index in [9.17, 15) is 4.79 Å². The molecule has 1 aromatic carbocycles. The lowest BCUT2D eigenvalue weighted by Crippen LogP contribution is -1.83. The minimum atomic E-state index is 0.675. The van der Waals surface area contributed by atoms with Crippen molar-refractivity contribution in [1.29, 1.82) is 0 Å². The highest BCUT2D eigenvalue weighted by atomic mass is 32.1. The van der Waals surface area contributed by atoms with Gasteiger partial charge in [0, 0.05) is 22.9 Å². The van der Waals surface area contributed by atoms with Gasteiger partial charge in [0.15, 0.2) is 0 Å². The van der Waals surface area contributed by atoms with Crippen LogP contribution in [-0.4, -0.2) is 11.3 Å². The van der Waals surface area contributed by atoms with Crippen molar-refractivity contribution in [2.45, 2.75) is 4.90 Å². The van der Waals surface area contributed by atoms with Crippen LogP contribution >= 0.6 is 12.6 Å². The van der Waals surface area contributed by atoms with E-state index in [1.807, 2.05) is 18.2 Å². The first-order valence-corrected chi connectivity index (χ1v) is 4.94. The summed E-state index contributed by atoms with van der Waals surface area (Å²) in [5.74, 6) is 0. The third-order valence-electron chi connectivity index (χ3n) is 2.16. The molecule has 1 aromatic heterocycles. The summed E-state index contributed by atoms with van der Waals surface area (Å²) in [5, 5.41) is 0. The van der Waals surface area contributed by atoms with E-state index < -0.39 is 0 Å². The third-order valence-corrected chi connectivity index (χ3v) is 2.51. The van der Waals surface area contributed by atoms with Crippen molar-refractivity contribution in [3.8, 4) is 11.1 Å². The predicted octanol–water partition coefficient (Wildman–Crippen LogP) is 2.85. The second-order valence-corrected chi connectivity index (χ2v) is 3.61. The van der Waals surface area contributed by atoms with Crippen LogP contribution in [0.1, 0.15) is 10.4 Å². The smallest absolute Gasteiger partial charge is 0.150 e. The van der Waals surface area contributed by atoms with Crippen molar-refractivity contribution in [1.82, 2.24) is 4.98 Å². The van der Waals surface area contributed by atoms with Crippen molar-refractivity contribution in [2.75, 3.05) is 0 Å². The third kappa shape index (κ3) is 2.07. The number of aldehydes is 1. The molecule has 0 amide bonds. The van der Waals surface area contributed by atoms with Crippen LogP contribution in [0.3, 0.4) is 0 Å². The van der Waals surface area contributed by atoms with Gasteiger partial charge in [0.25, 0.3) is 0 Å². The molecule has 0 bridgehead atoms. The molecule has 0 aliphatic carbocycles. The fourth-order valence-corrected chi connectivity index (χ4v) is 1.64. The molecule has 0 fully saturated rings. The Kier molecular flexibility index (Phi) is 2.83. The lowest BCUT2D eigenvalue weighted by molar-refractivity contribution is 0.112. The minimum Gasteiger partial charge on any atom is -0.298 e. The van der Waals surface area contributed by atoms with Gasteiger partial charge in [0.05, 0.1) is 0 Å². The zero-order valence-electron chi connectivity index (χ0n) is 7.92. The highest BCUT2D eigenvalue weighted by Gasteiger charge is 2.01. The Morgan fingerprint density at radius 1 is 1.13 bits per heavy atom. The van der Waals surface area contributed by atoms with Gasteiger partial charge in [-0.1, -0.05) is 24.3 Å². The van der Waals surface area contributed by atoms with Gasteiger partial charge in [-0.25, -0.2) is 0 Å². The van der Waals surface area contributed by atoms with Gasteiger partial charge in [-0.15, -0.1) is 12.6 Å². The molecule has 2 aromatic rings. The van der Waals surface area contributed by atoms with Crippen LogP contribution in [0.4, 0.5) is 0 Å². The van der Waals surface area contributed by atoms with Gasteiger partial charge in [0.2, 0.25) is 0 Å². The fraction of sp³-hybridized carbons (Fsp3) is 0. The number of carbonyl (C=O) groups excluding carboxylic acids is 1. The molecule has 0 atom stereocenters. The number of aromatic nitrogens is 1. The van der Waals surface area contributed by atoms with Crippen molar-refractivity contribution < 1.29 is 4.79 Å². The maximum atomic E-state index is 10.5. The molecule has 2 rings (SSSR count). The number of nitrogens with zero attached hydrogens (tertiary/aromatic N) is 1. The largest absolute Gasteiger partial charge is 0.298 e. The molecule has 0 N–H and O–H groups in total. The summed E-state index contributed by atoms with van der Waals surface area (Å²) in [5.41, 5.74) is 2.73. The van der Waals surface area contributed by atoms with Crippen molar-refractivity contribution in [3.63, 3.8) is 0 Å². The molecule has 0 radical (unpaired) electrons. The zero-order valence-corrected chi connectivity index (χ0v) is 8.82. The number of pyridine rings is 1. The topological polar surface area (TPSA) is 30.0 Å². The number of hydrogen-bond donors (Lipinski definition) is 1. The maximum Gasteiger partial charge on any atom is 0.150 e. The summed E-state index contributed by atoms with van der Waals surface area (Å²) in [6, 6.07) is 9.28. The second kappa shape index (κ2) is 4.28. The summed E-state index contributed by atoms with van der Waals surface area (Å²) >= 11 is 4.33. The van der Waals surface area contributed by atoms with Crippen LogP contribution in [0.15, 0.2) is 47.6 Å². The average molecular weight is 215 g/mol. The van der Waals surface area contributed by atoms with E-state index in [2.05, 4.69) is 17.6 Å². The number of rotatable bonds is 2. The van der Waals surface area contributed by atoms with Crippen LogP contribution in [0.2, 0.25) is 0 Å². The number of hydrogen-bond acceptors (Lipinski definition) is 3. The molecule has 15 heavy (non-hydrogen) atoms. The summed E-state index contributed by atoms with van der Waals surface area (Å²) in [7, 11) is 0. The van der Waals surface area contributed by atoms with Crippen LogP contribution in [0, 0.1) is 0 Å². The first-order chi connectivity index (χ1) is 7.31. The molecular weight excluding hydrogens is 206 g/mol. The Morgan fingerprint density at radius 2 is 1.87 bits per heavy atom. The molecular formula is C12H9NOS. The monoisotopic (exact) mass is 215 g/mol. The van der Waals surface area contributed by atoms with Gasteiger partial charge in [-0.3, -0.25) is 9.78 Å². The second-order valence-electron chi connectivity index (χ2n) is 3.13. The van der Waals surface area contributed by atoms with Gasteiger partial charge in [-0.2, -0.15) is 0 Å². The summed E-state index contributed by atoms with van der Waals surface area (Å²) < 4.78 is 0. The lowest BCUT2D eigenvalue weighted by atomic mass is 10.1. The Morgan fingerprint density at radius 3 is 2.47 bits per heavy atom. The molecule has 0 unspecified atom stereocenters. The van der Waals surface area contributed by atoms with E-state index in [1.165, 1.54) is 0 Å². The van der Waals surface area contributed by atoms with Gasteiger partial charge < -0.3 is 0 Å². The quantitative estimate of drug-likeness (QED) is 0.616. The highest BCUT2D eigenvalue weighted by Crippen LogP contribution is 2.25. The Labute approximate surface area is 93.4 Å². The molecule has 0 saturated carbocycles. The van der Waals surface area contributed by atoms with E-state index in [-0.39, 0.29) is 0 Å². The Hall–Kier alpha value is -1.61. The first kappa shape index (κ1) is 9.93. The van der Waals surface area contributed by atoms with Gasteiger partial charge >= 0.3 is 0 Å². The molecule has 3 heteroatoms. The lowest BCUT2D eigenvalue weighted by Gasteiger charge is -2.03. The Balaban J connectivity index is 2.46. The normalized spacial score (nSPS) is 9.93. The fourth-order valence-electron chi connectivity index (χ4n) is 1.37. The van der Waals surface area contributed by atoms with Crippen LogP contribution in [0.5, 0.6) is 0 Å². The van der Waals surface area contributed by atoms with Crippen LogP contribution < -0.4 is 0 Å². The summed E-state index contributed by atoms with van der Waals surface area (Å²) in [4.78, 5) is 15.3. The van der Waals surface area contributed by atoms with Crippen molar-refractivity contribution >= 4 is 18.9 Å².